The summed E-state index contributed by atoms with van der Waals surface area (Å²) in [6.45, 7) is 7.72. The molecule has 1 aliphatic rings. The molecule has 0 radical (unpaired) electrons. The van der Waals surface area contributed by atoms with E-state index in [4.69, 9.17) is 9.47 Å². The topological polar surface area (TPSA) is 30.5 Å². The van der Waals surface area contributed by atoms with Gasteiger partial charge in [-0.15, -0.1) is 0 Å². The van der Waals surface area contributed by atoms with Crippen LogP contribution in [0.5, 0.6) is 5.75 Å². The minimum atomic E-state index is 0.498. The Hall–Kier alpha value is -0.580. The van der Waals surface area contributed by atoms with E-state index < -0.39 is 0 Å². The highest BCUT2D eigenvalue weighted by Crippen LogP contribution is 2.27. The number of ether oxygens (including phenoxy) is 2. The van der Waals surface area contributed by atoms with Crippen molar-refractivity contribution in [3.63, 3.8) is 0 Å². The van der Waals surface area contributed by atoms with Gasteiger partial charge in [-0.2, -0.15) is 0 Å². The normalized spacial score (nSPS) is 16.6. The first-order valence-corrected chi connectivity index (χ1v) is 8.17. The predicted molar refractivity (Wildman–Crippen MR) is 85.2 cm³/mol. The average Bonchev–Trinajstić information content (AvgIpc) is 2.45. The zero-order chi connectivity index (χ0) is 14.4. The van der Waals surface area contributed by atoms with Crippen molar-refractivity contribution in [1.82, 2.24) is 5.32 Å². The molecule has 0 unspecified atom stereocenters. The molecule has 3 nitrogen and oxygen atoms in total. The highest BCUT2D eigenvalue weighted by molar-refractivity contribution is 9.10. The zero-order valence-electron chi connectivity index (χ0n) is 12.3. The number of benzene rings is 1. The predicted octanol–water partition coefficient (Wildman–Crippen LogP) is 3.75. The Morgan fingerprint density at radius 1 is 1.35 bits per heavy atom. The fraction of sp³-hybridized carbons (Fsp3) is 0.625. The fourth-order valence-electron chi connectivity index (χ4n) is 2.21. The molecule has 0 aromatic heterocycles. The van der Waals surface area contributed by atoms with E-state index in [2.05, 4.69) is 53.3 Å². The van der Waals surface area contributed by atoms with Gasteiger partial charge in [0.15, 0.2) is 0 Å². The van der Waals surface area contributed by atoms with Crippen LogP contribution in [0.3, 0.4) is 0 Å². The lowest BCUT2D eigenvalue weighted by Gasteiger charge is -2.22. The Morgan fingerprint density at radius 2 is 2.10 bits per heavy atom. The van der Waals surface area contributed by atoms with Crippen molar-refractivity contribution >= 4 is 15.9 Å². The fourth-order valence-corrected chi connectivity index (χ4v) is 2.75. The molecule has 1 heterocycles. The van der Waals surface area contributed by atoms with Gasteiger partial charge >= 0.3 is 0 Å². The van der Waals surface area contributed by atoms with Crippen LogP contribution >= 0.6 is 15.9 Å². The van der Waals surface area contributed by atoms with Crippen molar-refractivity contribution in [3.05, 3.63) is 28.2 Å². The van der Waals surface area contributed by atoms with Gasteiger partial charge in [-0.1, -0.05) is 19.9 Å². The molecule has 1 saturated heterocycles. The maximum Gasteiger partial charge on any atom is 0.133 e. The van der Waals surface area contributed by atoms with Gasteiger partial charge in [0.2, 0.25) is 0 Å². The van der Waals surface area contributed by atoms with Gasteiger partial charge in [-0.25, -0.2) is 0 Å². The van der Waals surface area contributed by atoms with E-state index in [-0.39, 0.29) is 0 Å². The summed E-state index contributed by atoms with van der Waals surface area (Å²) in [5.74, 6) is 1.56. The molecule has 1 aliphatic heterocycles. The van der Waals surface area contributed by atoms with E-state index in [1.54, 1.807) is 0 Å². The molecule has 1 aromatic carbocycles. The summed E-state index contributed by atoms with van der Waals surface area (Å²) in [5.41, 5.74) is 1.27. The van der Waals surface area contributed by atoms with Crippen LogP contribution in [0.4, 0.5) is 0 Å². The third-order valence-corrected chi connectivity index (χ3v) is 4.15. The number of hydrogen-bond donors (Lipinski definition) is 1. The van der Waals surface area contributed by atoms with E-state index >= 15 is 0 Å². The van der Waals surface area contributed by atoms with Crippen LogP contribution in [-0.2, 0) is 11.3 Å². The van der Waals surface area contributed by atoms with Gasteiger partial charge < -0.3 is 14.8 Å². The minimum absolute atomic E-state index is 0.498. The maximum atomic E-state index is 5.93. The Morgan fingerprint density at radius 3 is 2.75 bits per heavy atom. The largest absolute Gasteiger partial charge is 0.492 e. The molecule has 0 atom stereocenters. The summed E-state index contributed by atoms with van der Waals surface area (Å²) in [6, 6.07) is 6.81. The van der Waals surface area contributed by atoms with Crippen LogP contribution in [0, 0.1) is 5.92 Å². The lowest BCUT2D eigenvalue weighted by molar-refractivity contribution is 0.0496. The van der Waals surface area contributed by atoms with Gasteiger partial charge in [0.05, 0.1) is 11.1 Å². The molecule has 1 aromatic rings. The van der Waals surface area contributed by atoms with Crippen molar-refractivity contribution in [2.45, 2.75) is 39.3 Å². The first-order valence-electron chi connectivity index (χ1n) is 7.37. The van der Waals surface area contributed by atoms with Crippen LogP contribution in [0.1, 0.15) is 32.3 Å². The Labute approximate surface area is 130 Å². The average molecular weight is 342 g/mol. The molecule has 0 aliphatic carbocycles. The molecule has 0 saturated carbocycles. The van der Waals surface area contributed by atoms with E-state index in [9.17, 15) is 0 Å². The molecular weight excluding hydrogens is 318 g/mol. The quantitative estimate of drug-likeness (QED) is 0.854. The molecule has 1 N–H and O–H groups in total. The van der Waals surface area contributed by atoms with Gasteiger partial charge in [-0.05, 0) is 52.4 Å². The standard InChI is InChI=1S/C16H24BrNO2/c1-12(2)18-10-14-3-4-16(15(17)9-14)20-11-13-5-7-19-8-6-13/h3-4,9,12-13,18H,5-8,10-11H2,1-2H3. The summed E-state index contributed by atoms with van der Waals surface area (Å²) < 4.78 is 12.3. The summed E-state index contributed by atoms with van der Waals surface area (Å²) >= 11 is 3.60. The molecule has 112 valence electrons. The lowest BCUT2D eigenvalue weighted by Crippen LogP contribution is -2.22. The van der Waals surface area contributed by atoms with E-state index in [0.29, 0.717) is 12.0 Å². The molecule has 2 rings (SSSR count). The lowest BCUT2D eigenvalue weighted by atomic mass is 10.0. The van der Waals surface area contributed by atoms with E-state index in [0.717, 1.165) is 49.4 Å². The van der Waals surface area contributed by atoms with Crippen molar-refractivity contribution in [2.24, 2.45) is 5.92 Å². The molecule has 0 amide bonds. The van der Waals surface area contributed by atoms with Gasteiger partial charge in [0.1, 0.15) is 5.75 Å². The second-order valence-corrected chi connectivity index (χ2v) is 6.52. The van der Waals surface area contributed by atoms with Crippen LogP contribution < -0.4 is 10.1 Å². The Bertz CT molecular complexity index is 417. The van der Waals surface area contributed by atoms with Crippen LogP contribution in [0.15, 0.2) is 22.7 Å². The third-order valence-electron chi connectivity index (χ3n) is 3.53. The summed E-state index contributed by atoms with van der Waals surface area (Å²) in [4.78, 5) is 0. The van der Waals surface area contributed by atoms with E-state index in [1.807, 2.05) is 0 Å². The Balaban J connectivity index is 1.85. The van der Waals surface area contributed by atoms with Crippen LogP contribution in [0.25, 0.3) is 0 Å². The zero-order valence-corrected chi connectivity index (χ0v) is 13.9. The second kappa shape index (κ2) is 8.01. The summed E-state index contributed by atoms with van der Waals surface area (Å²) in [6.07, 6.45) is 2.21. The minimum Gasteiger partial charge on any atom is -0.492 e. The van der Waals surface area contributed by atoms with Crippen molar-refractivity contribution in [2.75, 3.05) is 19.8 Å². The smallest absolute Gasteiger partial charge is 0.133 e. The summed E-state index contributed by atoms with van der Waals surface area (Å²) in [7, 11) is 0. The van der Waals surface area contributed by atoms with Crippen molar-refractivity contribution < 1.29 is 9.47 Å². The number of nitrogens with one attached hydrogen (secondary N) is 1. The van der Waals surface area contributed by atoms with Crippen LogP contribution in [-0.4, -0.2) is 25.9 Å². The van der Waals surface area contributed by atoms with Gasteiger partial charge in [0, 0.05) is 25.8 Å². The first kappa shape index (κ1) is 15.8. The van der Waals surface area contributed by atoms with Gasteiger partial charge in [0.25, 0.3) is 0 Å². The number of halogens is 1. The SMILES string of the molecule is CC(C)NCc1ccc(OCC2CCOCC2)c(Br)c1. The second-order valence-electron chi connectivity index (χ2n) is 5.67. The monoisotopic (exact) mass is 341 g/mol. The number of hydrogen-bond acceptors (Lipinski definition) is 3. The molecular formula is C16H24BrNO2. The van der Waals surface area contributed by atoms with Crippen molar-refractivity contribution in [1.29, 1.82) is 0 Å². The number of rotatable bonds is 6. The molecule has 20 heavy (non-hydrogen) atoms. The van der Waals surface area contributed by atoms with Gasteiger partial charge in [-0.3, -0.25) is 0 Å². The van der Waals surface area contributed by atoms with E-state index in [1.165, 1.54) is 5.56 Å². The molecule has 4 heteroatoms. The molecule has 0 spiro atoms. The first-order chi connectivity index (χ1) is 9.65. The third kappa shape index (κ3) is 5.08. The highest BCUT2D eigenvalue weighted by Gasteiger charge is 2.15. The van der Waals surface area contributed by atoms with Crippen LogP contribution in [0.2, 0.25) is 0 Å². The molecule has 0 bridgehead atoms. The Kier molecular flexibility index (Phi) is 6.33. The van der Waals surface area contributed by atoms with Crippen molar-refractivity contribution in [3.8, 4) is 5.75 Å². The molecule has 1 fully saturated rings. The summed E-state index contributed by atoms with van der Waals surface area (Å²) in [5, 5.41) is 3.42. The maximum absolute atomic E-state index is 5.93. The highest BCUT2D eigenvalue weighted by atomic mass is 79.9.